The van der Waals surface area contributed by atoms with Crippen molar-refractivity contribution >= 4 is 37.6 Å². The Morgan fingerprint density at radius 2 is 1.73 bits per heavy atom. The number of hydrogen-bond acceptors (Lipinski definition) is 1. The SMILES string of the molecule is Cc1cc(C)c(C(=O)C(Br)CBr)cc1C. The molecular weight excluding hydrogens is 320 g/mol. The summed E-state index contributed by atoms with van der Waals surface area (Å²) in [6, 6.07) is 4.04. The summed E-state index contributed by atoms with van der Waals surface area (Å²) in [4.78, 5) is 11.8. The Bertz CT molecular complexity index is 385. The van der Waals surface area contributed by atoms with E-state index in [1.807, 2.05) is 19.9 Å². The highest BCUT2D eigenvalue weighted by Crippen LogP contribution is 2.19. The standard InChI is InChI=1S/C12H14Br2O/c1-7-4-9(3)10(5-8(7)2)12(15)11(14)6-13/h4-5,11H,6H2,1-3H3. The molecule has 0 saturated carbocycles. The zero-order valence-corrected chi connectivity index (χ0v) is 12.3. The Labute approximate surface area is 108 Å². The molecule has 0 fully saturated rings. The largest absolute Gasteiger partial charge is 0.293 e. The van der Waals surface area contributed by atoms with Crippen molar-refractivity contribution < 1.29 is 4.79 Å². The molecule has 0 spiro atoms. The normalized spacial score (nSPS) is 12.6. The number of carbonyl (C=O) groups excluding carboxylic acids is 1. The van der Waals surface area contributed by atoms with Gasteiger partial charge >= 0.3 is 0 Å². The van der Waals surface area contributed by atoms with E-state index in [1.54, 1.807) is 0 Å². The molecule has 1 atom stereocenters. The van der Waals surface area contributed by atoms with Crippen LogP contribution in [0.2, 0.25) is 0 Å². The van der Waals surface area contributed by atoms with Crippen LogP contribution in [0.1, 0.15) is 27.0 Å². The molecule has 0 bridgehead atoms. The van der Waals surface area contributed by atoms with Gasteiger partial charge in [0.05, 0.1) is 4.83 Å². The van der Waals surface area contributed by atoms with Gasteiger partial charge in [-0.1, -0.05) is 37.9 Å². The molecular formula is C12H14Br2O. The Balaban J connectivity index is 3.15. The van der Waals surface area contributed by atoms with E-state index in [0.29, 0.717) is 5.33 Å². The molecule has 0 heterocycles. The van der Waals surface area contributed by atoms with Crippen LogP contribution in [0.4, 0.5) is 0 Å². The van der Waals surface area contributed by atoms with Crippen LogP contribution < -0.4 is 0 Å². The van der Waals surface area contributed by atoms with E-state index in [9.17, 15) is 4.79 Å². The van der Waals surface area contributed by atoms with Gasteiger partial charge < -0.3 is 0 Å². The molecule has 1 aromatic carbocycles. The average molecular weight is 334 g/mol. The van der Waals surface area contributed by atoms with E-state index < -0.39 is 0 Å². The fraction of sp³-hybridized carbons (Fsp3) is 0.417. The molecule has 1 nitrogen and oxygen atoms in total. The van der Waals surface area contributed by atoms with Gasteiger partial charge in [0.25, 0.3) is 0 Å². The fourth-order valence-electron chi connectivity index (χ4n) is 1.46. The maximum Gasteiger partial charge on any atom is 0.177 e. The monoisotopic (exact) mass is 332 g/mol. The molecule has 82 valence electrons. The van der Waals surface area contributed by atoms with Crippen LogP contribution in [0.3, 0.4) is 0 Å². The fourth-order valence-corrected chi connectivity index (χ4v) is 2.01. The molecule has 1 rings (SSSR count). The Morgan fingerprint density at radius 3 is 2.27 bits per heavy atom. The van der Waals surface area contributed by atoms with Crippen molar-refractivity contribution in [2.24, 2.45) is 0 Å². The first-order chi connectivity index (χ1) is 6.97. The number of Topliss-reactive ketones (excluding diaryl/α,β-unsaturated/α-hetero) is 1. The molecule has 0 aliphatic rings. The lowest BCUT2D eigenvalue weighted by Gasteiger charge is -2.11. The van der Waals surface area contributed by atoms with Crippen molar-refractivity contribution in [3.05, 3.63) is 34.4 Å². The summed E-state index contributed by atoms with van der Waals surface area (Å²) in [5.41, 5.74) is 4.26. The van der Waals surface area contributed by atoms with Gasteiger partial charge in [-0.25, -0.2) is 0 Å². The smallest absolute Gasteiger partial charge is 0.177 e. The van der Waals surface area contributed by atoms with Gasteiger partial charge in [-0.2, -0.15) is 0 Å². The molecule has 0 aromatic heterocycles. The maximum absolute atomic E-state index is 12.0. The van der Waals surface area contributed by atoms with Crippen molar-refractivity contribution in [3.63, 3.8) is 0 Å². The van der Waals surface area contributed by atoms with E-state index in [4.69, 9.17) is 0 Å². The highest BCUT2D eigenvalue weighted by atomic mass is 79.9. The zero-order chi connectivity index (χ0) is 11.6. The number of rotatable bonds is 3. The highest BCUT2D eigenvalue weighted by Gasteiger charge is 2.17. The quantitative estimate of drug-likeness (QED) is 0.604. The molecule has 0 radical (unpaired) electrons. The number of benzene rings is 1. The number of alkyl halides is 2. The van der Waals surface area contributed by atoms with Crippen molar-refractivity contribution in [2.75, 3.05) is 5.33 Å². The maximum atomic E-state index is 12.0. The van der Waals surface area contributed by atoms with E-state index in [1.165, 1.54) is 11.1 Å². The summed E-state index contributed by atoms with van der Waals surface area (Å²) < 4.78 is 0. The second kappa shape index (κ2) is 5.26. The van der Waals surface area contributed by atoms with Gasteiger partial charge in [-0.05, 0) is 43.5 Å². The number of aryl methyl sites for hydroxylation is 3. The van der Waals surface area contributed by atoms with Crippen LogP contribution in [-0.2, 0) is 0 Å². The summed E-state index contributed by atoms with van der Waals surface area (Å²) in [5.74, 6) is 0.146. The third-order valence-corrected chi connectivity index (χ3v) is 4.78. The van der Waals surface area contributed by atoms with Crippen LogP contribution in [0.25, 0.3) is 0 Å². The third-order valence-electron chi connectivity index (χ3n) is 2.53. The molecule has 1 unspecified atom stereocenters. The minimum absolute atomic E-state index is 0.140. The molecule has 0 N–H and O–H groups in total. The lowest BCUT2D eigenvalue weighted by molar-refractivity contribution is 0.0996. The summed E-state index contributed by atoms with van der Waals surface area (Å²) in [5, 5.41) is 0.637. The molecule has 1 aromatic rings. The number of carbonyl (C=O) groups is 1. The number of halogens is 2. The topological polar surface area (TPSA) is 17.1 Å². The molecule has 0 aliphatic heterocycles. The van der Waals surface area contributed by atoms with Gasteiger partial charge in [0.2, 0.25) is 0 Å². The Kier molecular flexibility index (Phi) is 4.53. The molecule has 15 heavy (non-hydrogen) atoms. The first-order valence-corrected chi connectivity index (χ1v) is 6.83. The van der Waals surface area contributed by atoms with E-state index in [0.717, 1.165) is 11.1 Å². The van der Waals surface area contributed by atoms with Crippen LogP contribution in [0, 0.1) is 20.8 Å². The first kappa shape index (κ1) is 12.9. The van der Waals surface area contributed by atoms with Crippen LogP contribution in [-0.4, -0.2) is 15.9 Å². The lowest BCUT2D eigenvalue weighted by Crippen LogP contribution is -2.17. The van der Waals surface area contributed by atoms with Crippen LogP contribution in [0.15, 0.2) is 12.1 Å². The summed E-state index contributed by atoms with van der Waals surface area (Å²) >= 11 is 6.66. The Hall–Kier alpha value is -0.150. The van der Waals surface area contributed by atoms with Crippen molar-refractivity contribution in [1.29, 1.82) is 0 Å². The third kappa shape index (κ3) is 2.91. The minimum atomic E-state index is -0.140. The van der Waals surface area contributed by atoms with Crippen molar-refractivity contribution in [3.8, 4) is 0 Å². The van der Waals surface area contributed by atoms with E-state index in [-0.39, 0.29) is 10.6 Å². The van der Waals surface area contributed by atoms with Crippen LogP contribution >= 0.6 is 31.9 Å². The summed E-state index contributed by atoms with van der Waals surface area (Å²) in [6.07, 6.45) is 0. The minimum Gasteiger partial charge on any atom is -0.293 e. The lowest BCUT2D eigenvalue weighted by atomic mass is 9.97. The van der Waals surface area contributed by atoms with Gasteiger partial charge in [0, 0.05) is 10.9 Å². The highest BCUT2D eigenvalue weighted by molar-refractivity contribution is 9.12. The molecule has 0 aliphatic carbocycles. The Morgan fingerprint density at radius 1 is 1.20 bits per heavy atom. The van der Waals surface area contributed by atoms with Gasteiger partial charge in [-0.15, -0.1) is 0 Å². The van der Waals surface area contributed by atoms with Crippen molar-refractivity contribution in [2.45, 2.75) is 25.6 Å². The second-order valence-electron chi connectivity index (χ2n) is 3.74. The number of hydrogen-bond donors (Lipinski definition) is 0. The van der Waals surface area contributed by atoms with Crippen molar-refractivity contribution in [1.82, 2.24) is 0 Å². The average Bonchev–Trinajstić information content (AvgIpc) is 2.21. The molecule has 0 saturated heterocycles. The molecule has 3 heteroatoms. The summed E-state index contributed by atoms with van der Waals surface area (Å²) in [6.45, 7) is 6.07. The summed E-state index contributed by atoms with van der Waals surface area (Å²) in [7, 11) is 0. The van der Waals surface area contributed by atoms with Gasteiger partial charge in [0.15, 0.2) is 5.78 Å². The van der Waals surface area contributed by atoms with Gasteiger partial charge in [-0.3, -0.25) is 4.79 Å². The van der Waals surface area contributed by atoms with E-state index >= 15 is 0 Å². The molecule has 0 amide bonds. The zero-order valence-electron chi connectivity index (χ0n) is 9.10. The van der Waals surface area contributed by atoms with E-state index in [2.05, 4.69) is 44.8 Å². The predicted octanol–water partition coefficient (Wildman–Crippen LogP) is 3.95. The first-order valence-electron chi connectivity index (χ1n) is 4.79. The van der Waals surface area contributed by atoms with Crippen LogP contribution in [0.5, 0.6) is 0 Å². The van der Waals surface area contributed by atoms with Gasteiger partial charge in [0.1, 0.15) is 0 Å². The number of ketones is 1. The predicted molar refractivity (Wildman–Crippen MR) is 71.5 cm³/mol. The second-order valence-corrected chi connectivity index (χ2v) is 5.49.